The van der Waals surface area contributed by atoms with Crippen LogP contribution in [0.3, 0.4) is 0 Å². The van der Waals surface area contributed by atoms with Crippen molar-refractivity contribution in [2.75, 3.05) is 20.2 Å². The lowest BCUT2D eigenvalue weighted by molar-refractivity contribution is -0.368. The summed E-state index contributed by atoms with van der Waals surface area (Å²) in [5.41, 5.74) is 4.23. The van der Waals surface area contributed by atoms with Gasteiger partial charge >= 0.3 is 0 Å². The molecule has 116 valence electrons. The third kappa shape index (κ3) is 9.42. The molecule has 19 heavy (non-hydrogen) atoms. The van der Waals surface area contributed by atoms with Crippen LogP contribution in [-0.2, 0) is 4.74 Å². The van der Waals surface area contributed by atoms with E-state index in [1.165, 1.54) is 32.1 Å². The molecule has 0 fully saturated rings. The highest BCUT2D eigenvalue weighted by atomic mass is 16.5. The van der Waals surface area contributed by atoms with E-state index in [4.69, 9.17) is 4.74 Å². The third-order valence-electron chi connectivity index (χ3n) is 4.28. The topological polar surface area (TPSA) is 48.9 Å². The molecule has 0 rings (SSSR count). The molecule has 4 N–H and O–H groups in total. The number of ether oxygens (including phenoxy) is 1. The molecule has 0 aromatic rings. The molecule has 0 saturated carbocycles. The van der Waals surface area contributed by atoms with Crippen molar-refractivity contribution >= 4 is 0 Å². The zero-order valence-electron chi connectivity index (χ0n) is 14.0. The van der Waals surface area contributed by atoms with Crippen LogP contribution in [0.2, 0.25) is 0 Å². The van der Waals surface area contributed by atoms with Gasteiger partial charge < -0.3 is 15.8 Å². The quantitative estimate of drug-likeness (QED) is 0.537. The van der Waals surface area contributed by atoms with E-state index in [0.717, 1.165) is 26.0 Å². The number of unbranched alkanes of at least 4 members (excludes halogenated alkanes) is 2. The van der Waals surface area contributed by atoms with Gasteiger partial charge in [-0.05, 0) is 72.8 Å². The summed E-state index contributed by atoms with van der Waals surface area (Å²) >= 11 is 0. The van der Waals surface area contributed by atoms with Crippen molar-refractivity contribution in [3.63, 3.8) is 0 Å². The van der Waals surface area contributed by atoms with E-state index < -0.39 is 0 Å². The summed E-state index contributed by atoms with van der Waals surface area (Å²) < 4.78 is 6.13. The van der Waals surface area contributed by atoms with Gasteiger partial charge in [-0.2, -0.15) is 0 Å². The maximum atomic E-state index is 6.13. The smallest absolute Gasteiger partial charge is 0.0739 e. The summed E-state index contributed by atoms with van der Waals surface area (Å²) in [4.78, 5) is 0. The lowest BCUT2D eigenvalue weighted by atomic mass is 9.95. The Hall–Kier alpha value is -0.120. The van der Waals surface area contributed by atoms with Crippen molar-refractivity contribution < 1.29 is 10.5 Å². The van der Waals surface area contributed by atoms with Crippen molar-refractivity contribution in [1.82, 2.24) is 5.32 Å². The highest BCUT2D eigenvalue weighted by Crippen LogP contribution is 2.23. The van der Waals surface area contributed by atoms with Crippen molar-refractivity contribution in [2.24, 2.45) is 0 Å². The minimum absolute atomic E-state index is 0.0771. The lowest BCUT2D eigenvalue weighted by Crippen LogP contribution is -2.50. The van der Waals surface area contributed by atoms with Crippen molar-refractivity contribution in [3.05, 3.63) is 0 Å². The van der Waals surface area contributed by atoms with Gasteiger partial charge in [0.05, 0.1) is 12.1 Å². The Bertz CT molecular complexity index is 219. The second-order valence-corrected chi connectivity index (χ2v) is 6.55. The summed E-state index contributed by atoms with van der Waals surface area (Å²) in [7, 11) is 2.03. The predicted octanol–water partition coefficient (Wildman–Crippen LogP) is 2.75. The number of hydrogen-bond donors (Lipinski definition) is 2. The number of rotatable bonds is 12. The molecule has 0 aromatic heterocycles. The molecule has 0 bridgehead atoms. The van der Waals surface area contributed by atoms with E-state index in [1.54, 1.807) is 0 Å². The average Bonchev–Trinajstić information content (AvgIpc) is 2.38. The molecular formula is C16H37N2O+. The third-order valence-corrected chi connectivity index (χ3v) is 4.28. The molecule has 0 aliphatic carbocycles. The van der Waals surface area contributed by atoms with E-state index in [1.807, 2.05) is 7.05 Å². The number of quaternary nitrogens is 1. The Kier molecular flexibility index (Phi) is 9.67. The van der Waals surface area contributed by atoms with E-state index in [9.17, 15) is 0 Å². The Morgan fingerprint density at radius 1 is 1.00 bits per heavy atom. The van der Waals surface area contributed by atoms with Crippen molar-refractivity contribution in [2.45, 2.75) is 83.8 Å². The average molecular weight is 273 g/mol. The zero-order valence-corrected chi connectivity index (χ0v) is 14.0. The Morgan fingerprint density at radius 3 is 2.16 bits per heavy atom. The normalized spacial score (nSPS) is 15.5. The molecule has 0 saturated heterocycles. The van der Waals surface area contributed by atoms with E-state index in [-0.39, 0.29) is 11.1 Å². The van der Waals surface area contributed by atoms with Crippen LogP contribution >= 0.6 is 0 Å². The SMILES string of the molecule is CCC(C)(CCCC[NH3+])OCCCCC(C)(C)NC. The molecule has 0 heterocycles. The Balaban J connectivity index is 3.76. The van der Waals surface area contributed by atoms with Gasteiger partial charge in [0.1, 0.15) is 0 Å². The van der Waals surface area contributed by atoms with E-state index in [2.05, 4.69) is 38.7 Å². The molecule has 0 radical (unpaired) electrons. The Labute approximate surface area is 120 Å². The summed E-state index contributed by atoms with van der Waals surface area (Å²) in [6.07, 6.45) is 8.32. The fraction of sp³-hybridized carbons (Fsp3) is 1.00. The highest BCUT2D eigenvalue weighted by molar-refractivity contribution is 4.75. The second-order valence-electron chi connectivity index (χ2n) is 6.55. The van der Waals surface area contributed by atoms with Gasteiger partial charge in [0.2, 0.25) is 0 Å². The molecule has 0 amide bonds. The minimum Gasteiger partial charge on any atom is -0.375 e. The van der Waals surface area contributed by atoms with Crippen LogP contribution in [0, 0.1) is 0 Å². The van der Waals surface area contributed by atoms with Crippen molar-refractivity contribution in [3.8, 4) is 0 Å². The van der Waals surface area contributed by atoms with Crippen LogP contribution in [-0.4, -0.2) is 31.3 Å². The fourth-order valence-corrected chi connectivity index (χ4v) is 2.14. The standard InChI is InChI=1S/C16H36N2O/c1-6-16(4,12-7-9-13-17)19-14-10-8-11-15(2,3)18-5/h18H,6-14,17H2,1-5H3/p+1. The first-order valence-corrected chi connectivity index (χ1v) is 8.01. The van der Waals surface area contributed by atoms with Crippen LogP contribution in [0.15, 0.2) is 0 Å². The predicted molar refractivity (Wildman–Crippen MR) is 83.2 cm³/mol. The maximum absolute atomic E-state index is 6.13. The highest BCUT2D eigenvalue weighted by Gasteiger charge is 2.22. The minimum atomic E-state index is 0.0771. The molecule has 0 aliphatic rings. The molecule has 0 aliphatic heterocycles. The lowest BCUT2D eigenvalue weighted by Gasteiger charge is -2.29. The summed E-state index contributed by atoms with van der Waals surface area (Å²) in [5.74, 6) is 0. The molecule has 1 unspecified atom stereocenters. The van der Waals surface area contributed by atoms with Crippen LogP contribution < -0.4 is 11.1 Å². The number of hydrogen-bond acceptors (Lipinski definition) is 2. The van der Waals surface area contributed by atoms with Gasteiger partial charge in [0, 0.05) is 12.1 Å². The van der Waals surface area contributed by atoms with Gasteiger partial charge in [0.25, 0.3) is 0 Å². The zero-order chi connectivity index (χ0) is 14.8. The van der Waals surface area contributed by atoms with Crippen molar-refractivity contribution in [1.29, 1.82) is 0 Å². The van der Waals surface area contributed by atoms with Crippen LogP contribution in [0.5, 0.6) is 0 Å². The molecule has 3 nitrogen and oxygen atoms in total. The molecule has 0 spiro atoms. The number of nitrogens with one attached hydrogen (secondary N) is 1. The van der Waals surface area contributed by atoms with E-state index >= 15 is 0 Å². The molecule has 1 atom stereocenters. The molecule has 3 heteroatoms. The Morgan fingerprint density at radius 2 is 1.63 bits per heavy atom. The first-order valence-electron chi connectivity index (χ1n) is 8.01. The monoisotopic (exact) mass is 273 g/mol. The summed E-state index contributed by atoms with van der Waals surface area (Å²) in [6, 6.07) is 0. The molecular weight excluding hydrogens is 236 g/mol. The summed E-state index contributed by atoms with van der Waals surface area (Å²) in [6.45, 7) is 10.9. The van der Waals surface area contributed by atoms with Gasteiger partial charge in [0.15, 0.2) is 0 Å². The van der Waals surface area contributed by atoms with Gasteiger partial charge in [-0.15, -0.1) is 0 Å². The van der Waals surface area contributed by atoms with Gasteiger partial charge in [-0.1, -0.05) is 6.92 Å². The van der Waals surface area contributed by atoms with Crippen LogP contribution in [0.1, 0.15) is 72.6 Å². The largest absolute Gasteiger partial charge is 0.375 e. The molecule has 0 aromatic carbocycles. The van der Waals surface area contributed by atoms with Crippen LogP contribution in [0.4, 0.5) is 0 Å². The second kappa shape index (κ2) is 9.73. The van der Waals surface area contributed by atoms with Gasteiger partial charge in [-0.25, -0.2) is 0 Å². The van der Waals surface area contributed by atoms with Gasteiger partial charge in [-0.3, -0.25) is 0 Å². The van der Waals surface area contributed by atoms with Crippen LogP contribution in [0.25, 0.3) is 0 Å². The summed E-state index contributed by atoms with van der Waals surface area (Å²) in [5, 5.41) is 3.35. The first kappa shape index (κ1) is 18.9. The fourth-order valence-electron chi connectivity index (χ4n) is 2.14. The van der Waals surface area contributed by atoms with E-state index in [0.29, 0.717) is 0 Å². The maximum Gasteiger partial charge on any atom is 0.0739 e. The first-order chi connectivity index (χ1) is 8.89.